The van der Waals surface area contributed by atoms with E-state index in [4.69, 9.17) is 11.6 Å². The summed E-state index contributed by atoms with van der Waals surface area (Å²) in [6, 6.07) is 0.412. The summed E-state index contributed by atoms with van der Waals surface area (Å²) in [5.41, 5.74) is 0.709. The van der Waals surface area contributed by atoms with E-state index in [2.05, 4.69) is 21.8 Å². The van der Waals surface area contributed by atoms with Crippen LogP contribution in [0.1, 0.15) is 26.7 Å². The predicted molar refractivity (Wildman–Crippen MR) is 72.2 cm³/mol. The Labute approximate surface area is 112 Å². The van der Waals surface area contributed by atoms with Crippen molar-refractivity contribution in [2.45, 2.75) is 32.7 Å². The molecule has 98 valence electrons. The lowest BCUT2D eigenvalue weighted by Crippen LogP contribution is -2.31. The van der Waals surface area contributed by atoms with Crippen molar-refractivity contribution in [3.05, 3.63) is 11.5 Å². The summed E-state index contributed by atoms with van der Waals surface area (Å²) in [5, 5.41) is 0.213. The van der Waals surface area contributed by atoms with Crippen molar-refractivity contribution in [1.82, 2.24) is 9.97 Å². The number of hydrogen-bond acceptors (Lipinski definition) is 4. The molecule has 0 unspecified atom stereocenters. The molecular weight excluding hydrogens is 252 g/mol. The molecule has 0 N–H and O–H groups in total. The van der Waals surface area contributed by atoms with Gasteiger partial charge in [-0.3, -0.25) is 4.79 Å². The number of halogens is 1. The highest BCUT2D eigenvalue weighted by atomic mass is 35.5. The molecule has 1 aliphatic heterocycles. The molecule has 0 aliphatic carbocycles. The van der Waals surface area contributed by atoms with Crippen LogP contribution in [0, 0.1) is 0 Å². The molecule has 1 aliphatic rings. The fraction of sp³-hybridized carbons (Fsp3) is 0.583. The molecule has 1 fully saturated rings. The SMILES string of the molecule is CC(=O)N(C)c1cnc(Cl)nc1N1CCC[C@H]1C. The van der Waals surface area contributed by atoms with Gasteiger partial charge in [0.15, 0.2) is 5.82 Å². The molecule has 5 nitrogen and oxygen atoms in total. The first-order chi connectivity index (χ1) is 8.50. The van der Waals surface area contributed by atoms with Crippen molar-refractivity contribution < 1.29 is 4.79 Å². The number of nitrogens with zero attached hydrogens (tertiary/aromatic N) is 4. The predicted octanol–water partition coefficient (Wildman–Crippen LogP) is 2.10. The molecule has 0 bridgehead atoms. The summed E-state index contributed by atoms with van der Waals surface area (Å²) in [5.74, 6) is 0.701. The molecule has 1 atom stereocenters. The van der Waals surface area contributed by atoms with Gasteiger partial charge in [0.1, 0.15) is 5.69 Å². The lowest BCUT2D eigenvalue weighted by Gasteiger charge is -2.27. The first kappa shape index (κ1) is 13.1. The average molecular weight is 269 g/mol. The molecule has 6 heteroatoms. The van der Waals surface area contributed by atoms with Gasteiger partial charge in [-0.25, -0.2) is 4.98 Å². The van der Waals surface area contributed by atoms with Crippen LogP contribution in [0.4, 0.5) is 11.5 Å². The maximum Gasteiger partial charge on any atom is 0.224 e. The summed E-state index contributed by atoms with van der Waals surface area (Å²) < 4.78 is 0. The third kappa shape index (κ3) is 2.41. The van der Waals surface area contributed by atoms with Crippen LogP contribution in [-0.4, -0.2) is 35.5 Å². The van der Waals surface area contributed by atoms with Gasteiger partial charge in [-0.1, -0.05) is 0 Å². The Morgan fingerprint density at radius 1 is 1.61 bits per heavy atom. The van der Waals surface area contributed by atoms with Crippen LogP contribution in [0.25, 0.3) is 0 Å². The number of carbonyl (C=O) groups is 1. The summed E-state index contributed by atoms with van der Waals surface area (Å²) in [6.07, 6.45) is 3.87. The van der Waals surface area contributed by atoms with Gasteiger partial charge in [0.25, 0.3) is 0 Å². The molecule has 1 saturated heterocycles. The maximum atomic E-state index is 11.5. The topological polar surface area (TPSA) is 49.3 Å². The fourth-order valence-corrected chi connectivity index (χ4v) is 2.34. The van der Waals surface area contributed by atoms with E-state index >= 15 is 0 Å². The number of amides is 1. The molecule has 1 amide bonds. The first-order valence-corrected chi connectivity index (χ1v) is 6.42. The fourth-order valence-electron chi connectivity index (χ4n) is 2.21. The Bertz CT molecular complexity index is 465. The van der Waals surface area contributed by atoms with Gasteiger partial charge in [-0.05, 0) is 31.4 Å². The van der Waals surface area contributed by atoms with Crippen molar-refractivity contribution in [1.29, 1.82) is 0 Å². The third-order valence-electron chi connectivity index (χ3n) is 3.38. The second-order valence-corrected chi connectivity index (χ2v) is 4.95. The lowest BCUT2D eigenvalue weighted by molar-refractivity contribution is -0.116. The molecule has 0 spiro atoms. The van der Waals surface area contributed by atoms with E-state index in [1.807, 2.05) is 0 Å². The van der Waals surface area contributed by atoms with Crippen LogP contribution in [0.3, 0.4) is 0 Å². The Balaban J connectivity index is 2.43. The van der Waals surface area contributed by atoms with E-state index in [1.165, 1.54) is 6.92 Å². The molecule has 0 aromatic carbocycles. The first-order valence-electron chi connectivity index (χ1n) is 6.04. The molecular formula is C12H17ClN4O. The van der Waals surface area contributed by atoms with Gasteiger partial charge in [0, 0.05) is 26.6 Å². The number of carbonyl (C=O) groups excluding carboxylic acids is 1. The largest absolute Gasteiger partial charge is 0.352 e. The zero-order valence-corrected chi connectivity index (χ0v) is 11.6. The van der Waals surface area contributed by atoms with Crippen LogP contribution >= 0.6 is 11.6 Å². The zero-order valence-electron chi connectivity index (χ0n) is 10.9. The average Bonchev–Trinajstić information content (AvgIpc) is 2.74. The van der Waals surface area contributed by atoms with E-state index in [9.17, 15) is 4.79 Å². The number of rotatable bonds is 2. The highest BCUT2D eigenvalue weighted by molar-refractivity contribution is 6.28. The van der Waals surface area contributed by atoms with Gasteiger partial charge < -0.3 is 9.80 Å². The zero-order chi connectivity index (χ0) is 13.3. The quantitative estimate of drug-likeness (QED) is 0.771. The minimum Gasteiger partial charge on any atom is -0.352 e. The van der Waals surface area contributed by atoms with Crippen molar-refractivity contribution in [3.8, 4) is 0 Å². The molecule has 2 rings (SSSR count). The molecule has 1 aromatic rings. The summed E-state index contributed by atoms with van der Waals surface area (Å²) in [4.78, 5) is 23.5. The van der Waals surface area contributed by atoms with Crippen LogP contribution in [0.5, 0.6) is 0 Å². The van der Waals surface area contributed by atoms with Crippen molar-refractivity contribution in [2.75, 3.05) is 23.4 Å². The molecule has 0 saturated carbocycles. The van der Waals surface area contributed by atoms with Crippen LogP contribution in [-0.2, 0) is 4.79 Å². The minimum absolute atomic E-state index is 0.0472. The van der Waals surface area contributed by atoms with Crippen LogP contribution in [0.2, 0.25) is 5.28 Å². The lowest BCUT2D eigenvalue weighted by atomic mass is 10.2. The van der Waals surface area contributed by atoms with E-state index in [1.54, 1.807) is 18.1 Å². The molecule has 1 aromatic heterocycles. The number of hydrogen-bond donors (Lipinski definition) is 0. The van der Waals surface area contributed by atoms with Crippen molar-refractivity contribution in [2.24, 2.45) is 0 Å². The summed E-state index contributed by atoms with van der Waals surface area (Å²) in [7, 11) is 1.72. The Kier molecular flexibility index (Phi) is 3.71. The smallest absolute Gasteiger partial charge is 0.224 e. The summed E-state index contributed by atoms with van der Waals surface area (Å²) in [6.45, 7) is 4.61. The second kappa shape index (κ2) is 5.10. The summed E-state index contributed by atoms with van der Waals surface area (Å²) >= 11 is 5.87. The maximum absolute atomic E-state index is 11.5. The van der Waals surface area contributed by atoms with Gasteiger partial charge in [0.2, 0.25) is 11.2 Å². The van der Waals surface area contributed by atoms with E-state index < -0.39 is 0 Å². The molecule has 0 radical (unpaired) electrons. The number of aromatic nitrogens is 2. The minimum atomic E-state index is -0.0472. The monoisotopic (exact) mass is 268 g/mol. The normalized spacial score (nSPS) is 19.1. The highest BCUT2D eigenvalue weighted by Gasteiger charge is 2.26. The van der Waals surface area contributed by atoms with Gasteiger partial charge in [-0.2, -0.15) is 4.98 Å². The van der Waals surface area contributed by atoms with E-state index in [0.29, 0.717) is 11.7 Å². The second-order valence-electron chi connectivity index (χ2n) is 4.61. The third-order valence-corrected chi connectivity index (χ3v) is 3.56. The van der Waals surface area contributed by atoms with Crippen molar-refractivity contribution in [3.63, 3.8) is 0 Å². The number of anilines is 2. The Morgan fingerprint density at radius 2 is 2.33 bits per heavy atom. The Hall–Kier alpha value is -1.36. The van der Waals surface area contributed by atoms with Crippen molar-refractivity contribution >= 4 is 29.0 Å². The van der Waals surface area contributed by atoms with Gasteiger partial charge in [-0.15, -0.1) is 0 Å². The van der Waals surface area contributed by atoms with E-state index in [-0.39, 0.29) is 11.2 Å². The van der Waals surface area contributed by atoms with Crippen LogP contribution < -0.4 is 9.80 Å². The highest BCUT2D eigenvalue weighted by Crippen LogP contribution is 2.32. The standard InChI is InChI=1S/C12H17ClN4O/c1-8-5-4-6-17(8)11-10(16(3)9(2)18)7-14-12(13)15-11/h7-8H,4-6H2,1-3H3/t8-/m1/s1. The molecule has 2 heterocycles. The van der Waals surface area contributed by atoms with E-state index in [0.717, 1.165) is 25.2 Å². The molecule has 18 heavy (non-hydrogen) atoms. The van der Waals surface area contributed by atoms with Gasteiger partial charge in [0.05, 0.1) is 6.20 Å². The van der Waals surface area contributed by atoms with Gasteiger partial charge >= 0.3 is 0 Å². The van der Waals surface area contributed by atoms with Crippen LogP contribution in [0.15, 0.2) is 6.20 Å². The Morgan fingerprint density at radius 3 is 2.89 bits per heavy atom.